The van der Waals surface area contributed by atoms with Gasteiger partial charge < -0.3 is 4.90 Å². The molecular weight excluding hydrogens is 210 g/mol. The summed E-state index contributed by atoms with van der Waals surface area (Å²) >= 11 is 0. The van der Waals surface area contributed by atoms with Crippen LogP contribution in [0.5, 0.6) is 0 Å². The van der Waals surface area contributed by atoms with Crippen LogP contribution >= 0.6 is 0 Å². The lowest BCUT2D eigenvalue weighted by Crippen LogP contribution is -2.37. The maximum atomic E-state index is 11.3. The smallest absolute Gasteiger partial charge is 0.210 e. The van der Waals surface area contributed by atoms with Crippen LogP contribution < -0.4 is 0 Å². The summed E-state index contributed by atoms with van der Waals surface area (Å²) in [4.78, 5) is 13.3. The average Bonchev–Trinajstić information content (AvgIpc) is 2.91. The van der Waals surface area contributed by atoms with E-state index in [4.69, 9.17) is 0 Å². The van der Waals surface area contributed by atoms with E-state index in [0.29, 0.717) is 12.0 Å². The summed E-state index contributed by atoms with van der Waals surface area (Å²) in [5, 5.41) is 0. The monoisotopic (exact) mass is 229 g/mol. The van der Waals surface area contributed by atoms with Gasteiger partial charge in [-0.25, -0.2) is 0 Å². The largest absolute Gasteiger partial charge is 0.338 e. The Morgan fingerprint density at radius 1 is 1.18 bits per heavy atom. The van der Waals surface area contributed by atoms with E-state index in [1.165, 1.54) is 36.8 Å². The highest BCUT2D eigenvalue weighted by Gasteiger charge is 2.34. The van der Waals surface area contributed by atoms with Crippen LogP contribution in [0.3, 0.4) is 0 Å². The molecule has 1 heterocycles. The van der Waals surface area contributed by atoms with Gasteiger partial charge in [-0.05, 0) is 36.3 Å². The molecule has 1 atom stereocenters. The maximum absolute atomic E-state index is 11.3. The van der Waals surface area contributed by atoms with Gasteiger partial charge in [-0.3, -0.25) is 4.79 Å². The second-order valence-electron chi connectivity index (χ2n) is 5.28. The first-order valence-corrected chi connectivity index (χ1v) is 6.69. The van der Waals surface area contributed by atoms with Crippen molar-refractivity contribution in [3.05, 3.63) is 35.4 Å². The highest BCUT2D eigenvalue weighted by atomic mass is 16.1. The van der Waals surface area contributed by atoms with E-state index in [9.17, 15) is 4.79 Å². The average molecular weight is 229 g/mol. The molecule has 3 rings (SSSR count). The standard InChI is InChI=1S/C15H19NO/c17-11-16-10-9-12-5-3-4-8-14(12)15(16)13-6-1-2-7-13/h3-5,8,11,13,15H,1-2,6-7,9-10H2. The molecule has 1 aliphatic heterocycles. The summed E-state index contributed by atoms with van der Waals surface area (Å²) in [5.74, 6) is 0.682. The lowest BCUT2D eigenvalue weighted by Gasteiger charge is -2.38. The van der Waals surface area contributed by atoms with Crippen LogP contribution in [0.4, 0.5) is 0 Å². The van der Waals surface area contributed by atoms with Crippen LogP contribution in [0.1, 0.15) is 42.9 Å². The van der Waals surface area contributed by atoms with Gasteiger partial charge in [0.2, 0.25) is 6.41 Å². The first kappa shape index (κ1) is 10.8. The molecule has 2 heteroatoms. The zero-order valence-electron chi connectivity index (χ0n) is 10.1. The van der Waals surface area contributed by atoms with Crippen LogP contribution in [-0.2, 0) is 11.2 Å². The molecule has 17 heavy (non-hydrogen) atoms. The SMILES string of the molecule is O=CN1CCc2ccccc2C1C1CCCC1. The number of carbonyl (C=O) groups excluding carboxylic acids is 1. The summed E-state index contributed by atoms with van der Waals surface area (Å²) in [5.41, 5.74) is 2.85. The van der Waals surface area contributed by atoms with E-state index in [1.54, 1.807) is 0 Å². The molecule has 1 aromatic rings. The number of hydrogen-bond acceptors (Lipinski definition) is 1. The van der Waals surface area contributed by atoms with Gasteiger partial charge in [0, 0.05) is 6.54 Å². The van der Waals surface area contributed by atoms with E-state index in [1.807, 2.05) is 4.90 Å². The highest BCUT2D eigenvalue weighted by Crippen LogP contribution is 2.42. The minimum absolute atomic E-state index is 0.347. The molecule has 1 aromatic carbocycles. The third-order valence-corrected chi connectivity index (χ3v) is 4.35. The number of hydrogen-bond donors (Lipinski definition) is 0. The van der Waals surface area contributed by atoms with E-state index >= 15 is 0 Å². The van der Waals surface area contributed by atoms with E-state index in [0.717, 1.165) is 19.4 Å². The second kappa shape index (κ2) is 4.52. The summed E-state index contributed by atoms with van der Waals surface area (Å²) in [7, 11) is 0. The van der Waals surface area contributed by atoms with Gasteiger partial charge in [0.25, 0.3) is 0 Å². The first-order chi connectivity index (χ1) is 8.40. The molecule has 0 aromatic heterocycles. The van der Waals surface area contributed by atoms with Crippen molar-refractivity contribution >= 4 is 6.41 Å². The topological polar surface area (TPSA) is 20.3 Å². The Labute approximate surface area is 103 Å². The summed E-state index contributed by atoms with van der Waals surface area (Å²) in [6, 6.07) is 9.00. The van der Waals surface area contributed by atoms with Crippen molar-refractivity contribution < 1.29 is 4.79 Å². The van der Waals surface area contributed by atoms with Crippen molar-refractivity contribution in [2.75, 3.05) is 6.54 Å². The molecule has 0 bridgehead atoms. The van der Waals surface area contributed by atoms with Crippen molar-refractivity contribution in [3.8, 4) is 0 Å². The van der Waals surface area contributed by atoms with Gasteiger partial charge in [-0.15, -0.1) is 0 Å². The van der Waals surface area contributed by atoms with Gasteiger partial charge in [-0.2, -0.15) is 0 Å². The molecule has 0 radical (unpaired) electrons. The number of amides is 1. The Hall–Kier alpha value is -1.31. The van der Waals surface area contributed by atoms with E-state index in [-0.39, 0.29) is 0 Å². The molecule has 1 fully saturated rings. The van der Waals surface area contributed by atoms with Crippen molar-refractivity contribution in [3.63, 3.8) is 0 Å². The molecule has 2 aliphatic rings. The third kappa shape index (κ3) is 1.86. The molecular formula is C15H19NO. The summed E-state index contributed by atoms with van der Waals surface area (Å²) < 4.78 is 0. The molecule has 0 N–H and O–H groups in total. The van der Waals surface area contributed by atoms with Crippen LogP contribution in [0, 0.1) is 5.92 Å². The fourth-order valence-corrected chi connectivity index (χ4v) is 3.53. The fourth-order valence-electron chi connectivity index (χ4n) is 3.53. The third-order valence-electron chi connectivity index (χ3n) is 4.35. The zero-order chi connectivity index (χ0) is 11.7. The molecule has 0 saturated heterocycles. The van der Waals surface area contributed by atoms with Crippen molar-refractivity contribution in [1.29, 1.82) is 0 Å². The number of benzene rings is 1. The number of nitrogens with zero attached hydrogens (tertiary/aromatic N) is 1. The van der Waals surface area contributed by atoms with Crippen LogP contribution in [0.15, 0.2) is 24.3 Å². The molecule has 0 spiro atoms. The Balaban J connectivity index is 1.98. The Morgan fingerprint density at radius 3 is 2.71 bits per heavy atom. The lowest BCUT2D eigenvalue weighted by molar-refractivity contribution is -0.121. The molecule has 1 unspecified atom stereocenters. The molecule has 1 amide bonds. The Kier molecular flexibility index (Phi) is 2.87. The van der Waals surface area contributed by atoms with Gasteiger partial charge in [0.1, 0.15) is 0 Å². The first-order valence-electron chi connectivity index (χ1n) is 6.69. The van der Waals surface area contributed by atoms with Crippen LogP contribution in [0.25, 0.3) is 0 Å². The number of fused-ring (bicyclic) bond motifs is 1. The highest BCUT2D eigenvalue weighted by molar-refractivity contribution is 5.51. The van der Waals surface area contributed by atoms with Crippen molar-refractivity contribution in [1.82, 2.24) is 4.90 Å². The fraction of sp³-hybridized carbons (Fsp3) is 0.533. The zero-order valence-corrected chi connectivity index (χ0v) is 10.1. The lowest BCUT2D eigenvalue weighted by atomic mass is 9.84. The minimum atomic E-state index is 0.347. The van der Waals surface area contributed by atoms with Gasteiger partial charge >= 0.3 is 0 Å². The summed E-state index contributed by atoms with van der Waals surface area (Å²) in [6.45, 7) is 0.891. The summed E-state index contributed by atoms with van der Waals surface area (Å²) in [6.07, 6.45) is 7.29. The normalized spacial score (nSPS) is 24.7. The van der Waals surface area contributed by atoms with Gasteiger partial charge in [-0.1, -0.05) is 37.1 Å². The van der Waals surface area contributed by atoms with E-state index in [2.05, 4.69) is 24.3 Å². The molecule has 2 nitrogen and oxygen atoms in total. The maximum Gasteiger partial charge on any atom is 0.210 e. The van der Waals surface area contributed by atoms with Gasteiger partial charge in [0.15, 0.2) is 0 Å². The van der Waals surface area contributed by atoms with Gasteiger partial charge in [0.05, 0.1) is 6.04 Å². The van der Waals surface area contributed by atoms with Crippen molar-refractivity contribution in [2.24, 2.45) is 5.92 Å². The van der Waals surface area contributed by atoms with Crippen LogP contribution in [0.2, 0.25) is 0 Å². The number of carbonyl (C=O) groups is 1. The predicted octanol–water partition coefficient (Wildman–Crippen LogP) is 2.93. The number of rotatable bonds is 2. The Bertz CT molecular complexity index is 409. The van der Waals surface area contributed by atoms with Crippen molar-refractivity contribution in [2.45, 2.75) is 38.1 Å². The molecule has 1 saturated carbocycles. The van der Waals surface area contributed by atoms with E-state index < -0.39 is 0 Å². The second-order valence-corrected chi connectivity index (χ2v) is 5.28. The molecule has 1 aliphatic carbocycles. The predicted molar refractivity (Wildman–Crippen MR) is 67.6 cm³/mol. The quantitative estimate of drug-likeness (QED) is 0.714. The Morgan fingerprint density at radius 2 is 1.94 bits per heavy atom. The minimum Gasteiger partial charge on any atom is -0.338 e. The molecule has 90 valence electrons. The van der Waals surface area contributed by atoms with Crippen LogP contribution in [-0.4, -0.2) is 17.9 Å².